The van der Waals surface area contributed by atoms with Gasteiger partial charge in [0.2, 0.25) is 0 Å². The topological polar surface area (TPSA) is 42.1 Å². The van der Waals surface area contributed by atoms with Crippen molar-refractivity contribution in [2.45, 2.75) is 26.2 Å². The van der Waals surface area contributed by atoms with Crippen LogP contribution >= 0.6 is 11.6 Å². The first-order valence-corrected chi connectivity index (χ1v) is 8.41. The molecule has 0 spiro atoms. The average molecular weight is 342 g/mol. The molecule has 1 atom stereocenters. The van der Waals surface area contributed by atoms with Gasteiger partial charge in [-0.15, -0.1) is 0 Å². The Morgan fingerprint density at radius 1 is 1.25 bits per heavy atom. The van der Waals surface area contributed by atoms with E-state index in [1.807, 2.05) is 24.3 Å². The molecule has 1 N–H and O–H groups in total. The number of methoxy groups -OCH3 is 1. The summed E-state index contributed by atoms with van der Waals surface area (Å²) < 4.78 is 5.19. The highest BCUT2D eigenvalue weighted by Gasteiger charge is 2.15. The van der Waals surface area contributed by atoms with Crippen molar-refractivity contribution >= 4 is 28.8 Å². The molecule has 3 rings (SSSR count). The van der Waals surface area contributed by atoms with Crippen molar-refractivity contribution in [1.29, 1.82) is 0 Å². The Hall–Kier alpha value is -2.26. The molecule has 0 radical (unpaired) electrons. The standard InChI is InChI=1S/C20H20ClNO2/c1-4-12(2)13-5-7-18-15(9-13)16(11-23)20(22-18)14-6-8-19(24-3)17(21)10-14/h5-12,22H,4H2,1-3H3. The lowest BCUT2D eigenvalue weighted by Crippen LogP contribution is -1.91. The molecule has 0 aliphatic heterocycles. The fraction of sp³-hybridized carbons (Fsp3) is 0.250. The predicted molar refractivity (Wildman–Crippen MR) is 99.4 cm³/mol. The maximum Gasteiger partial charge on any atom is 0.152 e. The molecule has 124 valence electrons. The lowest BCUT2D eigenvalue weighted by molar-refractivity contribution is 0.112. The predicted octanol–water partition coefficient (Wildman–Crippen LogP) is 5.82. The summed E-state index contributed by atoms with van der Waals surface area (Å²) >= 11 is 6.23. The fourth-order valence-electron chi connectivity index (χ4n) is 2.94. The minimum atomic E-state index is 0.461. The summed E-state index contributed by atoms with van der Waals surface area (Å²) in [6, 6.07) is 11.8. The van der Waals surface area contributed by atoms with Crippen LogP contribution in [0.5, 0.6) is 5.75 Å². The highest BCUT2D eigenvalue weighted by molar-refractivity contribution is 6.32. The lowest BCUT2D eigenvalue weighted by Gasteiger charge is -2.08. The third-order valence-corrected chi connectivity index (χ3v) is 4.90. The van der Waals surface area contributed by atoms with Gasteiger partial charge in [-0.05, 0) is 48.2 Å². The van der Waals surface area contributed by atoms with Crippen molar-refractivity contribution in [3.05, 3.63) is 52.5 Å². The van der Waals surface area contributed by atoms with Crippen molar-refractivity contribution in [2.75, 3.05) is 7.11 Å². The second kappa shape index (κ2) is 6.70. The molecule has 0 aliphatic carbocycles. The molecule has 0 saturated carbocycles. The van der Waals surface area contributed by atoms with Gasteiger partial charge in [-0.2, -0.15) is 0 Å². The van der Waals surface area contributed by atoms with Gasteiger partial charge in [0.05, 0.1) is 17.8 Å². The Morgan fingerprint density at radius 3 is 2.67 bits per heavy atom. The smallest absolute Gasteiger partial charge is 0.152 e. The number of carbonyl (C=O) groups is 1. The van der Waals surface area contributed by atoms with E-state index in [1.54, 1.807) is 7.11 Å². The van der Waals surface area contributed by atoms with Gasteiger partial charge in [0.1, 0.15) is 5.75 Å². The van der Waals surface area contributed by atoms with E-state index >= 15 is 0 Å². The summed E-state index contributed by atoms with van der Waals surface area (Å²) in [5.41, 5.74) is 4.50. The van der Waals surface area contributed by atoms with E-state index in [2.05, 4.69) is 31.0 Å². The Morgan fingerprint density at radius 2 is 2.04 bits per heavy atom. The number of ether oxygens (including phenoxy) is 1. The van der Waals surface area contributed by atoms with Gasteiger partial charge in [-0.3, -0.25) is 4.79 Å². The van der Waals surface area contributed by atoms with Gasteiger partial charge >= 0.3 is 0 Å². The van der Waals surface area contributed by atoms with Crippen molar-refractivity contribution in [3.8, 4) is 17.0 Å². The molecule has 1 unspecified atom stereocenters. The van der Waals surface area contributed by atoms with Crippen molar-refractivity contribution in [2.24, 2.45) is 0 Å². The third-order valence-electron chi connectivity index (χ3n) is 4.60. The van der Waals surface area contributed by atoms with E-state index in [1.165, 1.54) is 5.56 Å². The van der Waals surface area contributed by atoms with Crippen LogP contribution in [0.4, 0.5) is 0 Å². The second-order valence-corrected chi connectivity index (χ2v) is 6.40. The highest BCUT2D eigenvalue weighted by Crippen LogP contribution is 2.35. The largest absolute Gasteiger partial charge is 0.495 e. The monoisotopic (exact) mass is 341 g/mol. The van der Waals surface area contributed by atoms with Crippen LogP contribution in [0, 0.1) is 0 Å². The third kappa shape index (κ3) is 2.80. The van der Waals surface area contributed by atoms with E-state index in [4.69, 9.17) is 16.3 Å². The normalized spacial score (nSPS) is 12.3. The van der Waals surface area contributed by atoms with Crippen LogP contribution in [0.3, 0.4) is 0 Å². The van der Waals surface area contributed by atoms with Gasteiger partial charge in [0.25, 0.3) is 0 Å². The van der Waals surface area contributed by atoms with E-state index in [9.17, 15) is 4.79 Å². The number of aromatic amines is 1. The second-order valence-electron chi connectivity index (χ2n) is 6.00. The Kier molecular flexibility index (Phi) is 4.63. The summed E-state index contributed by atoms with van der Waals surface area (Å²) in [5, 5.41) is 1.47. The molecule has 3 nitrogen and oxygen atoms in total. The number of nitrogens with one attached hydrogen (secondary N) is 1. The molecular weight excluding hydrogens is 322 g/mol. The molecule has 0 amide bonds. The van der Waals surface area contributed by atoms with Crippen LogP contribution in [-0.2, 0) is 0 Å². The first-order valence-electron chi connectivity index (χ1n) is 8.03. The molecule has 24 heavy (non-hydrogen) atoms. The molecule has 1 heterocycles. The highest BCUT2D eigenvalue weighted by atomic mass is 35.5. The first-order chi connectivity index (χ1) is 11.6. The number of aromatic nitrogens is 1. The van der Waals surface area contributed by atoms with E-state index in [-0.39, 0.29) is 0 Å². The van der Waals surface area contributed by atoms with Crippen LogP contribution in [0.25, 0.3) is 22.2 Å². The fourth-order valence-corrected chi connectivity index (χ4v) is 3.20. The van der Waals surface area contributed by atoms with E-state index < -0.39 is 0 Å². The minimum Gasteiger partial charge on any atom is -0.495 e. The molecule has 0 aliphatic rings. The molecule has 0 fully saturated rings. The average Bonchev–Trinajstić information content (AvgIpc) is 2.98. The summed E-state index contributed by atoms with van der Waals surface area (Å²) in [6.07, 6.45) is 1.97. The first kappa shape index (κ1) is 16.6. The van der Waals surface area contributed by atoms with Gasteiger partial charge in [-0.1, -0.05) is 31.5 Å². The van der Waals surface area contributed by atoms with Crippen LogP contribution < -0.4 is 4.74 Å². The van der Waals surface area contributed by atoms with Crippen LogP contribution in [-0.4, -0.2) is 18.4 Å². The van der Waals surface area contributed by atoms with E-state index in [0.29, 0.717) is 22.3 Å². The van der Waals surface area contributed by atoms with Crippen LogP contribution in [0.2, 0.25) is 5.02 Å². The Bertz CT molecular complexity index is 898. The maximum atomic E-state index is 11.8. The number of carbonyl (C=O) groups excluding carboxylic acids is 1. The molecule has 3 aromatic rings. The number of fused-ring (bicyclic) bond motifs is 1. The quantitative estimate of drug-likeness (QED) is 0.594. The Labute approximate surface area is 146 Å². The number of hydrogen-bond acceptors (Lipinski definition) is 2. The summed E-state index contributed by atoms with van der Waals surface area (Å²) in [7, 11) is 1.58. The maximum absolute atomic E-state index is 11.8. The van der Waals surface area contributed by atoms with Gasteiger partial charge in [0.15, 0.2) is 6.29 Å². The number of aldehydes is 1. The molecule has 0 bridgehead atoms. The summed E-state index contributed by atoms with van der Waals surface area (Å²) in [4.78, 5) is 15.1. The van der Waals surface area contributed by atoms with E-state index in [0.717, 1.165) is 34.9 Å². The SMILES string of the molecule is CCC(C)c1ccc2[nH]c(-c3ccc(OC)c(Cl)c3)c(C=O)c2c1. The Balaban J connectivity index is 2.18. The molecule has 4 heteroatoms. The van der Waals surface area contributed by atoms with Gasteiger partial charge in [-0.25, -0.2) is 0 Å². The van der Waals surface area contributed by atoms with Crippen LogP contribution in [0.1, 0.15) is 42.1 Å². The number of benzene rings is 2. The molecular formula is C20H20ClNO2. The number of rotatable bonds is 5. The molecule has 1 aromatic heterocycles. The van der Waals surface area contributed by atoms with Gasteiger partial charge in [0, 0.05) is 22.0 Å². The zero-order valence-electron chi connectivity index (χ0n) is 14.0. The van der Waals surface area contributed by atoms with Crippen molar-refractivity contribution < 1.29 is 9.53 Å². The number of halogens is 1. The zero-order valence-corrected chi connectivity index (χ0v) is 14.8. The lowest BCUT2D eigenvalue weighted by atomic mass is 9.96. The van der Waals surface area contributed by atoms with Crippen LogP contribution in [0.15, 0.2) is 36.4 Å². The molecule has 0 saturated heterocycles. The molecule has 2 aromatic carbocycles. The number of hydrogen-bond donors (Lipinski definition) is 1. The minimum absolute atomic E-state index is 0.461. The summed E-state index contributed by atoms with van der Waals surface area (Å²) in [6.45, 7) is 4.36. The zero-order chi connectivity index (χ0) is 17.3. The summed E-state index contributed by atoms with van der Waals surface area (Å²) in [5.74, 6) is 1.07. The van der Waals surface area contributed by atoms with Crippen molar-refractivity contribution in [3.63, 3.8) is 0 Å². The van der Waals surface area contributed by atoms with Crippen molar-refractivity contribution in [1.82, 2.24) is 4.98 Å². The number of H-pyrrole nitrogens is 1. The van der Waals surface area contributed by atoms with Gasteiger partial charge < -0.3 is 9.72 Å².